The molecule has 0 saturated carbocycles. The molecule has 21 heavy (non-hydrogen) atoms. The predicted octanol–water partition coefficient (Wildman–Crippen LogP) is 2.92. The minimum Gasteiger partial charge on any atom is -0.497 e. The molecule has 0 amide bonds. The highest BCUT2D eigenvalue weighted by Crippen LogP contribution is 2.32. The van der Waals surface area contributed by atoms with Crippen molar-refractivity contribution in [3.05, 3.63) is 65.0 Å². The first-order chi connectivity index (χ1) is 10.1. The number of aryl methyl sites for hydroxylation is 1. The number of aliphatic hydroxyl groups excluding tert-OH is 1. The van der Waals surface area contributed by atoms with Gasteiger partial charge in [0.1, 0.15) is 11.6 Å². The average molecular weight is 289 g/mol. The van der Waals surface area contributed by atoms with Gasteiger partial charge in [-0.3, -0.25) is 0 Å². The van der Waals surface area contributed by atoms with Gasteiger partial charge in [-0.15, -0.1) is 0 Å². The van der Waals surface area contributed by atoms with Crippen molar-refractivity contribution in [2.24, 2.45) is 5.73 Å². The van der Waals surface area contributed by atoms with Crippen LogP contribution in [0, 0.1) is 12.7 Å². The summed E-state index contributed by atoms with van der Waals surface area (Å²) in [5.74, 6) is -0.0481. The Morgan fingerprint density at radius 3 is 2.38 bits per heavy atom. The van der Waals surface area contributed by atoms with E-state index >= 15 is 0 Å². The van der Waals surface area contributed by atoms with E-state index < -0.39 is 11.9 Å². The van der Waals surface area contributed by atoms with Crippen molar-refractivity contribution in [2.75, 3.05) is 13.7 Å². The Balaban J connectivity index is 2.30. The van der Waals surface area contributed by atoms with Crippen molar-refractivity contribution in [1.29, 1.82) is 0 Å². The van der Waals surface area contributed by atoms with Crippen LogP contribution in [0.3, 0.4) is 0 Å². The van der Waals surface area contributed by atoms with Crippen molar-refractivity contribution in [1.82, 2.24) is 0 Å². The highest BCUT2D eigenvalue weighted by atomic mass is 19.1. The first kappa shape index (κ1) is 15.5. The van der Waals surface area contributed by atoms with Crippen molar-refractivity contribution in [2.45, 2.75) is 18.9 Å². The highest BCUT2D eigenvalue weighted by Gasteiger charge is 2.24. The van der Waals surface area contributed by atoms with E-state index in [0.717, 1.165) is 16.9 Å². The second kappa shape index (κ2) is 6.70. The third kappa shape index (κ3) is 3.40. The fourth-order valence-corrected chi connectivity index (χ4v) is 2.39. The fourth-order valence-electron chi connectivity index (χ4n) is 2.39. The SMILES string of the molecule is COc1ccc(C(CN)C(O)c2ccc(C)cc2F)cc1. The number of hydrogen-bond acceptors (Lipinski definition) is 3. The smallest absolute Gasteiger partial charge is 0.129 e. The first-order valence-corrected chi connectivity index (χ1v) is 6.85. The van der Waals surface area contributed by atoms with Gasteiger partial charge < -0.3 is 15.6 Å². The zero-order valence-electron chi connectivity index (χ0n) is 12.2. The van der Waals surface area contributed by atoms with Crippen molar-refractivity contribution < 1.29 is 14.2 Å². The Labute approximate surface area is 124 Å². The van der Waals surface area contributed by atoms with E-state index in [2.05, 4.69) is 0 Å². The third-order valence-electron chi connectivity index (χ3n) is 3.65. The molecule has 2 unspecified atom stereocenters. The molecule has 2 rings (SSSR count). The van der Waals surface area contributed by atoms with Gasteiger partial charge in [-0.25, -0.2) is 4.39 Å². The zero-order chi connectivity index (χ0) is 15.4. The van der Waals surface area contributed by atoms with Gasteiger partial charge in [-0.1, -0.05) is 24.3 Å². The summed E-state index contributed by atoms with van der Waals surface area (Å²) >= 11 is 0. The van der Waals surface area contributed by atoms with Crippen LogP contribution in [0.1, 0.15) is 28.7 Å². The Bertz CT molecular complexity index is 598. The van der Waals surface area contributed by atoms with Crippen LogP contribution in [-0.4, -0.2) is 18.8 Å². The molecule has 0 aromatic heterocycles. The Morgan fingerprint density at radius 1 is 1.19 bits per heavy atom. The molecule has 0 spiro atoms. The molecule has 0 radical (unpaired) electrons. The largest absolute Gasteiger partial charge is 0.497 e. The highest BCUT2D eigenvalue weighted by molar-refractivity contribution is 5.33. The first-order valence-electron chi connectivity index (χ1n) is 6.85. The van der Waals surface area contributed by atoms with Gasteiger partial charge >= 0.3 is 0 Å². The molecule has 3 nitrogen and oxygen atoms in total. The lowest BCUT2D eigenvalue weighted by Gasteiger charge is -2.23. The van der Waals surface area contributed by atoms with E-state index in [1.165, 1.54) is 6.07 Å². The Kier molecular flexibility index (Phi) is 4.94. The minimum absolute atomic E-state index is 0.223. The van der Waals surface area contributed by atoms with Crippen LogP contribution in [0.4, 0.5) is 4.39 Å². The molecule has 2 atom stereocenters. The maximum atomic E-state index is 14.0. The number of halogens is 1. The molecule has 0 saturated heterocycles. The van der Waals surface area contributed by atoms with E-state index in [-0.39, 0.29) is 18.0 Å². The molecule has 4 heteroatoms. The van der Waals surface area contributed by atoms with Crippen LogP contribution < -0.4 is 10.5 Å². The summed E-state index contributed by atoms with van der Waals surface area (Å²) in [6, 6.07) is 12.1. The van der Waals surface area contributed by atoms with Crippen molar-refractivity contribution in [3.8, 4) is 5.75 Å². The van der Waals surface area contributed by atoms with Gasteiger partial charge in [0.25, 0.3) is 0 Å². The maximum Gasteiger partial charge on any atom is 0.129 e. The lowest BCUT2D eigenvalue weighted by atomic mass is 9.88. The molecule has 0 aliphatic carbocycles. The summed E-state index contributed by atoms with van der Waals surface area (Å²) in [6.07, 6.45) is -0.982. The molecule has 0 heterocycles. The summed E-state index contributed by atoms with van der Waals surface area (Å²) in [7, 11) is 1.59. The Hall–Kier alpha value is -1.91. The van der Waals surface area contributed by atoms with Gasteiger partial charge in [0, 0.05) is 18.0 Å². The lowest BCUT2D eigenvalue weighted by Crippen LogP contribution is -2.21. The van der Waals surface area contributed by atoms with Gasteiger partial charge in [0.05, 0.1) is 13.2 Å². The minimum atomic E-state index is -0.982. The normalized spacial score (nSPS) is 13.8. The van der Waals surface area contributed by atoms with Crippen molar-refractivity contribution in [3.63, 3.8) is 0 Å². The van der Waals surface area contributed by atoms with Gasteiger partial charge in [0.2, 0.25) is 0 Å². The Morgan fingerprint density at radius 2 is 1.86 bits per heavy atom. The van der Waals surface area contributed by atoms with E-state index in [1.807, 2.05) is 19.1 Å². The number of rotatable bonds is 5. The molecular formula is C17H20FNO2. The van der Waals surface area contributed by atoms with Crippen LogP contribution in [0.2, 0.25) is 0 Å². The second-order valence-electron chi connectivity index (χ2n) is 5.09. The van der Waals surface area contributed by atoms with Gasteiger partial charge in [-0.2, -0.15) is 0 Å². The standard InChI is InChI=1S/C17H20FNO2/c1-11-3-8-14(16(18)9-11)17(20)15(10-19)12-4-6-13(21-2)7-5-12/h3-9,15,17,20H,10,19H2,1-2H3. The number of benzene rings is 2. The molecule has 112 valence electrons. The molecule has 0 aliphatic rings. The van der Waals surface area contributed by atoms with Crippen LogP contribution in [0.15, 0.2) is 42.5 Å². The maximum absolute atomic E-state index is 14.0. The number of hydrogen-bond donors (Lipinski definition) is 2. The van der Waals surface area contributed by atoms with E-state index in [9.17, 15) is 9.50 Å². The summed E-state index contributed by atoms with van der Waals surface area (Å²) in [4.78, 5) is 0. The van der Waals surface area contributed by atoms with E-state index in [0.29, 0.717) is 0 Å². The topological polar surface area (TPSA) is 55.5 Å². The summed E-state index contributed by atoms with van der Waals surface area (Å²) in [5, 5.41) is 10.5. The number of nitrogens with two attached hydrogens (primary N) is 1. The molecule has 0 fully saturated rings. The lowest BCUT2D eigenvalue weighted by molar-refractivity contribution is 0.143. The summed E-state index contributed by atoms with van der Waals surface area (Å²) in [6.45, 7) is 2.03. The third-order valence-corrected chi connectivity index (χ3v) is 3.65. The van der Waals surface area contributed by atoms with Crippen LogP contribution in [0.5, 0.6) is 5.75 Å². The second-order valence-corrected chi connectivity index (χ2v) is 5.09. The van der Waals surface area contributed by atoms with E-state index in [4.69, 9.17) is 10.5 Å². The molecule has 3 N–H and O–H groups in total. The molecule has 0 aliphatic heterocycles. The predicted molar refractivity (Wildman–Crippen MR) is 80.9 cm³/mol. The van der Waals surface area contributed by atoms with E-state index in [1.54, 1.807) is 31.4 Å². The fraction of sp³-hybridized carbons (Fsp3) is 0.294. The van der Waals surface area contributed by atoms with Gasteiger partial charge in [0.15, 0.2) is 0 Å². The molecular weight excluding hydrogens is 269 g/mol. The quantitative estimate of drug-likeness (QED) is 0.890. The van der Waals surface area contributed by atoms with Crippen molar-refractivity contribution >= 4 is 0 Å². The van der Waals surface area contributed by atoms with Crippen LogP contribution >= 0.6 is 0 Å². The van der Waals surface area contributed by atoms with Crippen LogP contribution in [-0.2, 0) is 0 Å². The monoisotopic (exact) mass is 289 g/mol. The summed E-state index contributed by atoms with van der Waals surface area (Å²) < 4.78 is 19.1. The number of methoxy groups -OCH3 is 1. The summed E-state index contributed by atoms with van der Waals surface area (Å²) in [5.41, 5.74) is 7.72. The average Bonchev–Trinajstić information content (AvgIpc) is 2.48. The molecule has 2 aromatic carbocycles. The zero-order valence-corrected chi connectivity index (χ0v) is 12.2. The molecule has 2 aromatic rings. The van der Waals surface area contributed by atoms with Gasteiger partial charge in [-0.05, 0) is 36.2 Å². The van der Waals surface area contributed by atoms with Crippen LogP contribution in [0.25, 0.3) is 0 Å². The number of aliphatic hydroxyl groups is 1. The number of ether oxygens (including phenoxy) is 1. The molecule has 0 bridgehead atoms.